The van der Waals surface area contributed by atoms with Crippen molar-refractivity contribution in [2.75, 3.05) is 12.4 Å². The second kappa shape index (κ2) is 4.55. The van der Waals surface area contributed by atoms with Gasteiger partial charge in [0.05, 0.1) is 5.39 Å². The van der Waals surface area contributed by atoms with Crippen molar-refractivity contribution in [1.82, 2.24) is 15.0 Å². The zero-order chi connectivity index (χ0) is 13.4. The van der Waals surface area contributed by atoms with Crippen LogP contribution in [0, 0.1) is 12.7 Å². The smallest absolute Gasteiger partial charge is 0.184 e. The van der Waals surface area contributed by atoms with E-state index in [1.165, 1.54) is 12.3 Å². The summed E-state index contributed by atoms with van der Waals surface area (Å²) in [6, 6.07) is 4.92. The van der Waals surface area contributed by atoms with Crippen LogP contribution >= 0.6 is 11.3 Å². The van der Waals surface area contributed by atoms with Gasteiger partial charge in [0.1, 0.15) is 16.3 Å². The Bertz CT molecular complexity index is 753. The van der Waals surface area contributed by atoms with Gasteiger partial charge < -0.3 is 5.32 Å². The summed E-state index contributed by atoms with van der Waals surface area (Å²) < 4.78 is 13.8. The summed E-state index contributed by atoms with van der Waals surface area (Å²) >= 11 is 1.56. The first-order chi connectivity index (χ1) is 9.19. The van der Waals surface area contributed by atoms with Crippen LogP contribution in [0.4, 0.5) is 10.2 Å². The van der Waals surface area contributed by atoms with Crippen LogP contribution in [0.3, 0.4) is 0 Å². The largest absolute Gasteiger partial charge is 0.372 e. The van der Waals surface area contributed by atoms with Crippen LogP contribution in [-0.2, 0) is 0 Å². The Kier molecular flexibility index (Phi) is 2.87. The van der Waals surface area contributed by atoms with Crippen molar-refractivity contribution >= 4 is 27.4 Å². The summed E-state index contributed by atoms with van der Waals surface area (Å²) in [6.07, 6.45) is 1.53. The normalized spacial score (nSPS) is 10.9. The molecule has 3 aromatic rings. The van der Waals surface area contributed by atoms with Gasteiger partial charge in [-0.2, -0.15) is 0 Å². The molecule has 6 heteroatoms. The van der Waals surface area contributed by atoms with Crippen LogP contribution in [0.25, 0.3) is 21.7 Å². The van der Waals surface area contributed by atoms with Gasteiger partial charge in [0.25, 0.3) is 0 Å². The van der Waals surface area contributed by atoms with Crippen molar-refractivity contribution in [3.8, 4) is 11.5 Å². The fourth-order valence-electron chi connectivity index (χ4n) is 1.89. The minimum atomic E-state index is -0.419. The van der Waals surface area contributed by atoms with Gasteiger partial charge in [-0.1, -0.05) is 0 Å². The summed E-state index contributed by atoms with van der Waals surface area (Å²) in [5, 5.41) is 3.97. The first-order valence-electron chi connectivity index (χ1n) is 5.76. The van der Waals surface area contributed by atoms with Gasteiger partial charge in [-0.3, -0.25) is 0 Å². The molecule has 4 nitrogen and oxygen atoms in total. The second-order valence-electron chi connectivity index (χ2n) is 4.06. The van der Waals surface area contributed by atoms with Crippen molar-refractivity contribution in [2.24, 2.45) is 0 Å². The van der Waals surface area contributed by atoms with Gasteiger partial charge >= 0.3 is 0 Å². The molecule has 0 aliphatic carbocycles. The zero-order valence-electron chi connectivity index (χ0n) is 10.4. The molecule has 0 saturated carbocycles. The van der Waals surface area contributed by atoms with Gasteiger partial charge in [0, 0.05) is 18.1 Å². The zero-order valence-corrected chi connectivity index (χ0v) is 11.3. The van der Waals surface area contributed by atoms with Crippen molar-refractivity contribution in [1.29, 1.82) is 0 Å². The van der Waals surface area contributed by atoms with E-state index in [4.69, 9.17) is 0 Å². The average Bonchev–Trinajstić information content (AvgIpc) is 2.78. The van der Waals surface area contributed by atoms with E-state index in [0.29, 0.717) is 11.6 Å². The molecule has 0 bridgehead atoms. The molecular formula is C13H11FN4S. The quantitative estimate of drug-likeness (QED) is 0.779. The monoisotopic (exact) mass is 274 g/mol. The minimum Gasteiger partial charge on any atom is -0.372 e. The number of halogens is 1. The number of fused-ring (bicyclic) bond motifs is 1. The summed E-state index contributed by atoms with van der Waals surface area (Å²) in [4.78, 5) is 14.7. The highest BCUT2D eigenvalue weighted by Crippen LogP contribution is 2.30. The maximum absolute atomic E-state index is 13.8. The van der Waals surface area contributed by atoms with Crippen molar-refractivity contribution in [3.05, 3.63) is 35.1 Å². The van der Waals surface area contributed by atoms with E-state index in [-0.39, 0.29) is 5.69 Å². The highest BCUT2D eigenvalue weighted by atomic mass is 32.1. The van der Waals surface area contributed by atoms with Crippen molar-refractivity contribution in [2.45, 2.75) is 6.92 Å². The molecule has 0 aliphatic rings. The van der Waals surface area contributed by atoms with Crippen LogP contribution in [0.1, 0.15) is 4.88 Å². The van der Waals surface area contributed by atoms with E-state index in [1.807, 2.05) is 13.0 Å². The van der Waals surface area contributed by atoms with E-state index in [0.717, 1.165) is 15.1 Å². The summed E-state index contributed by atoms with van der Waals surface area (Å²) in [6.45, 7) is 2.01. The third-order valence-corrected chi connectivity index (χ3v) is 3.67. The molecule has 0 aromatic carbocycles. The molecule has 0 aliphatic heterocycles. The first kappa shape index (κ1) is 12.0. The van der Waals surface area contributed by atoms with Crippen LogP contribution in [0.15, 0.2) is 24.4 Å². The van der Waals surface area contributed by atoms with Crippen LogP contribution < -0.4 is 5.32 Å². The van der Waals surface area contributed by atoms with Gasteiger partial charge in [-0.05, 0) is 25.1 Å². The van der Waals surface area contributed by atoms with Gasteiger partial charge in [0.2, 0.25) is 0 Å². The predicted molar refractivity (Wildman–Crippen MR) is 74.9 cm³/mol. The fourth-order valence-corrected chi connectivity index (χ4v) is 2.77. The first-order valence-corrected chi connectivity index (χ1v) is 6.57. The Morgan fingerprint density at radius 2 is 2.16 bits per heavy atom. The lowest BCUT2D eigenvalue weighted by atomic mass is 10.3. The third kappa shape index (κ3) is 2.04. The topological polar surface area (TPSA) is 50.7 Å². The molecule has 3 heterocycles. The highest BCUT2D eigenvalue weighted by molar-refractivity contribution is 7.18. The third-order valence-electron chi connectivity index (χ3n) is 2.72. The van der Waals surface area contributed by atoms with Crippen LogP contribution in [0.5, 0.6) is 0 Å². The van der Waals surface area contributed by atoms with Gasteiger partial charge in [0.15, 0.2) is 11.6 Å². The maximum atomic E-state index is 13.8. The molecule has 1 N–H and O–H groups in total. The number of hydrogen-bond donors (Lipinski definition) is 1. The lowest BCUT2D eigenvalue weighted by Gasteiger charge is -2.05. The molecule has 0 amide bonds. The van der Waals surface area contributed by atoms with Gasteiger partial charge in [-0.15, -0.1) is 11.3 Å². The number of hydrogen-bond acceptors (Lipinski definition) is 5. The number of pyridine rings is 1. The highest BCUT2D eigenvalue weighted by Gasteiger charge is 2.14. The molecular weight excluding hydrogens is 263 g/mol. The molecule has 0 spiro atoms. The lowest BCUT2D eigenvalue weighted by Crippen LogP contribution is -1.99. The average molecular weight is 274 g/mol. The number of nitrogens with one attached hydrogen (secondary N) is 1. The number of anilines is 1. The molecule has 3 rings (SSSR count). The minimum absolute atomic E-state index is 0.173. The van der Waals surface area contributed by atoms with Crippen molar-refractivity contribution in [3.63, 3.8) is 0 Å². The Balaban J connectivity index is 2.28. The standard InChI is InChI=1S/C13H11FN4S/c1-7-6-8-11(15-2)17-12(18-13(8)19-7)10-9(14)4-3-5-16-10/h3-6H,1-2H3,(H,15,17,18). The second-order valence-corrected chi connectivity index (χ2v) is 5.29. The van der Waals surface area contributed by atoms with Gasteiger partial charge in [-0.25, -0.2) is 19.3 Å². The molecule has 19 heavy (non-hydrogen) atoms. The lowest BCUT2D eigenvalue weighted by molar-refractivity contribution is 0.624. The Morgan fingerprint density at radius 1 is 1.32 bits per heavy atom. The Morgan fingerprint density at radius 3 is 2.89 bits per heavy atom. The molecule has 0 saturated heterocycles. The fraction of sp³-hybridized carbons (Fsp3) is 0.154. The van der Waals surface area contributed by atoms with Crippen LogP contribution in [-0.4, -0.2) is 22.0 Å². The summed E-state index contributed by atoms with van der Waals surface area (Å²) in [5.74, 6) is 0.573. The number of thiophene rings is 1. The summed E-state index contributed by atoms with van der Waals surface area (Å²) in [7, 11) is 1.79. The number of rotatable bonds is 2. The molecule has 3 aromatic heterocycles. The van der Waals surface area contributed by atoms with E-state index in [1.54, 1.807) is 24.5 Å². The van der Waals surface area contributed by atoms with E-state index in [9.17, 15) is 4.39 Å². The molecule has 0 unspecified atom stereocenters. The number of aromatic nitrogens is 3. The number of aryl methyl sites for hydroxylation is 1. The molecule has 0 atom stereocenters. The molecule has 0 radical (unpaired) electrons. The Labute approximate surface area is 113 Å². The maximum Gasteiger partial charge on any atom is 0.184 e. The SMILES string of the molecule is CNc1nc(-c2ncccc2F)nc2sc(C)cc12. The molecule has 0 fully saturated rings. The number of nitrogens with zero attached hydrogens (tertiary/aromatic N) is 3. The Hall–Kier alpha value is -2.08. The van der Waals surface area contributed by atoms with Crippen LogP contribution in [0.2, 0.25) is 0 Å². The van der Waals surface area contributed by atoms with E-state index < -0.39 is 5.82 Å². The van der Waals surface area contributed by atoms with E-state index in [2.05, 4.69) is 20.3 Å². The van der Waals surface area contributed by atoms with Crippen molar-refractivity contribution < 1.29 is 4.39 Å². The van der Waals surface area contributed by atoms with E-state index >= 15 is 0 Å². The predicted octanol–water partition coefficient (Wildman–Crippen LogP) is 3.24. The summed E-state index contributed by atoms with van der Waals surface area (Å²) in [5.41, 5.74) is 0.173. The molecule has 96 valence electrons.